The second kappa shape index (κ2) is 6.17. The summed E-state index contributed by atoms with van der Waals surface area (Å²) in [4.78, 5) is 1.97. The van der Waals surface area contributed by atoms with Crippen LogP contribution in [-0.2, 0) is 14.6 Å². The van der Waals surface area contributed by atoms with Crippen LogP contribution in [-0.4, -0.2) is 68.7 Å². The number of likely N-dealkylation sites (N-methyl/N-ethyl adjacent to an activating group) is 1. The van der Waals surface area contributed by atoms with E-state index in [1.54, 1.807) is 0 Å². The highest BCUT2D eigenvalue weighted by atomic mass is 35.5. The highest BCUT2D eigenvalue weighted by Crippen LogP contribution is 2.17. The maximum atomic E-state index is 11.3. The lowest BCUT2D eigenvalue weighted by molar-refractivity contribution is 0.246. The molecule has 0 aromatic carbocycles. The third kappa shape index (κ3) is 5.37. The van der Waals surface area contributed by atoms with Crippen LogP contribution >= 0.6 is 23.8 Å². The molecule has 0 aromatic heterocycles. The van der Waals surface area contributed by atoms with Crippen LogP contribution in [0.2, 0.25) is 0 Å². The highest BCUT2D eigenvalue weighted by molar-refractivity contribution is 7.91. The number of alkyl halides is 1. The normalized spacial score (nSPS) is 27.1. The molecule has 8 heteroatoms. The summed E-state index contributed by atoms with van der Waals surface area (Å²) in [5.41, 5.74) is 0. The third-order valence-electron chi connectivity index (χ3n) is 2.36. The minimum absolute atomic E-state index is 0.00741. The molecule has 0 radical (unpaired) electrons. The molecule has 0 unspecified atom stereocenters. The van der Waals surface area contributed by atoms with Crippen molar-refractivity contribution in [1.82, 2.24) is 10.2 Å². The maximum Gasteiger partial charge on any atom is 0.256 e. The van der Waals surface area contributed by atoms with Crippen LogP contribution in [0.5, 0.6) is 0 Å². The third-order valence-corrected chi connectivity index (χ3v) is 4.97. The molecule has 17 heavy (non-hydrogen) atoms. The van der Waals surface area contributed by atoms with Crippen molar-refractivity contribution >= 4 is 38.8 Å². The fourth-order valence-corrected chi connectivity index (χ4v) is 4.24. The van der Waals surface area contributed by atoms with Gasteiger partial charge < -0.3 is 15.0 Å². The molecule has 5 nitrogen and oxygen atoms in total. The molecular formula is C9H17ClN2O3S2. The van der Waals surface area contributed by atoms with E-state index in [9.17, 15) is 8.42 Å². The minimum atomic E-state index is -3.04. The SMILES string of the molecule is CN(C)CCOC(=S)N[C@@H]1CS(=O)(=O)C[C@H]1Cl. The van der Waals surface area contributed by atoms with Gasteiger partial charge in [0, 0.05) is 6.54 Å². The Morgan fingerprint density at radius 3 is 2.65 bits per heavy atom. The molecule has 1 N–H and O–H groups in total. The molecule has 2 atom stereocenters. The Kier molecular flexibility index (Phi) is 5.43. The number of hydrogen-bond donors (Lipinski definition) is 1. The Balaban J connectivity index is 2.32. The van der Waals surface area contributed by atoms with E-state index in [0.717, 1.165) is 6.54 Å². The quantitative estimate of drug-likeness (QED) is 0.575. The van der Waals surface area contributed by atoms with Gasteiger partial charge in [-0.2, -0.15) is 0 Å². The van der Waals surface area contributed by atoms with Crippen LogP contribution in [0.15, 0.2) is 0 Å². The van der Waals surface area contributed by atoms with E-state index in [1.165, 1.54) is 0 Å². The Bertz CT molecular complexity index is 372. The fraction of sp³-hybridized carbons (Fsp3) is 0.889. The van der Waals surface area contributed by atoms with Gasteiger partial charge in [-0.05, 0) is 26.3 Å². The van der Waals surface area contributed by atoms with Gasteiger partial charge in [-0.1, -0.05) is 0 Å². The van der Waals surface area contributed by atoms with E-state index in [4.69, 9.17) is 28.6 Å². The molecule has 0 aliphatic carbocycles. The van der Waals surface area contributed by atoms with Gasteiger partial charge in [0.05, 0.1) is 22.9 Å². The minimum Gasteiger partial charge on any atom is -0.470 e. The maximum absolute atomic E-state index is 11.3. The number of sulfone groups is 1. The summed E-state index contributed by atoms with van der Waals surface area (Å²) in [5.74, 6) is 0.00484. The van der Waals surface area contributed by atoms with Crippen molar-refractivity contribution in [2.75, 3.05) is 38.8 Å². The largest absolute Gasteiger partial charge is 0.470 e. The zero-order valence-corrected chi connectivity index (χ0v) is 12.2. The molecule has 1 aliphatic rings. The summed E-state index contributed by atoms with van der Waals surface area (Å²) in [6.07, 6.45) is 0. The number of rotatable bonds is 4. The second-order valence-electron chi connectivity index (χ2n) is 4.28. The van der Waals surface area contributed by atoms with Crippen molar-refractivity contribution in [2.24, 2.45) is 0 Å². The van der Waals surface area contributed by atoms with Gasteiger partial charge in [0.25, 0.3) is 5.17 Å². The first-order chi connectivity index (χ1) is 7.80. The van der Waals surface area contributed by atoms with Gasteiger partial charge in [-0.25, -0.2) is 8.42 Å². The van der Waals surface area contributed by atoms with Gasteiger partial charge in [-0.15, -0.1) is 11.6 Å². The monoisotopic (exact) mass is 300 g/mol. The summed E-state index contributed by atoms with van der Waals surface area (Å²) >= 11 is 10.9. The molecule has 1 fully saturated rings. The van der Waals surface area contributed by atoms with E-state index in [2.05, 4.69) is 5.32 Å². The van der Waals surface area contributed by atoms with Gasteiger partial charge in [0.1, 0.15) is 6.61 Å². The van der Waals surface area contributed by atoms with Gasteiger partial charge in [0.2, 0.25) is 0 Å². The van der Waals surface area contributed by atoms with Crippen molar-refractivity contribution in [2.45, 2.75) is 11.4 Å². The summed E-state index contributed by atoms with van der Waals surface area (Å²) in [5, 5.41) is 2.60. The van der Waals surface area contributed by atoms with Crippen molar-refractivity contribution < 1.29 is 13.2 Å². The Morgan fingerprint density at radius 2 is 2.18 bits per heavy atom. The average molecular weight is 301 g/mol. The molecule has 1 saturated heterocycles. The molecule has 1 aliphatic heterocycles. The van der Waals surface area contributed by atoms with Gasteiger partial charge in [-0.3, -0.25) is 0 Å². The van der Waals surface area contributed by atoms with Crippen LogP contribution in [0.25, 0.3) is 0 Å². The lowest BCUT2D eigenvalue weighted by atomic mass is 10.3. The van der Waals surface area contributed by atoms with Crippen molar-refractivity contribution in [3.05, 3.63) is 0 Å². The molecule has 1 rings (SSSR count). The standard InChI is InChI=1S/C9H17ClN2O3S2/c1-12(2)3-4-15-9(16)11-8-6-17(13,14)5-7(8)10/h7-8H,3-6H2,1-2H3,(H,11,16)/t7-,8-/m1/s1. The molecular weight excluding hydrogens is 284 g/mol. The van der Waals surface area contributed by atoms with Crippen LogP contribution in [0.3, 0.4) is 0 Å². The van der Waals surface area contributed by atoms with E-state index in [0.29, 0.717) is 6.61 Å². The average Bonchev–Trinajstić information content (AvgIpc) is 2.38. The number of nitrogens with zero attached hydrogens (tertiary/aromatic N) is 1. The summed E-state index contributed by atoms with van der Waals surface area (Å²) in [6.45, 7) is 1.21. The molecule has 0 spiro atoms. The number of halogens is 1. The Morgan fingerprint density at radius 1 is 1.53 bits per heavy atom. The van der Waals surface area contributed by atoms with Crippen LogP contribution in [0.4, 0.5) is 0 Å². The number of nitrogens with one attached hydrogen (secondary N) is 1. The first kappa shape index (κ1) is 14.9. The smallest absolute Gasteiger partial charge is 0.256 e. The molecule has 0 amide bonds. The molecule has 0 saturated carbocycles. The predicted molar refractivity (Wildman–Crippen MR) is 72.3 cm³/mol. The van der Waals surface area contributed by atoms with Crippen molar-refractivity contribution in [3.8, 4) is 0 Å². The molecule has 0 aromatic rings. The van der Waals surface area contributed by atoms with Gasteiger partial charge in [0.15, 0.2) is 9.84 Å². The first-order valence-corrected chi connectivity index (χ1v) is 7.89. The summed E-state index contributed by atoms with van der Waals surface area (Å²) < 4.78 is 27.9. The van der Waals surface area contributed by atoms with Crippen molar-refractivity contribution in [1.29, 1.82) is 0 Å². The second-order valence-corrected chi connectivity index (χ2v) is 7.37. The predicted octanol–water partition coefficient (Wildman–Crippen LogP) is -0.156. The molecule has 100 valence electrons. The summed E-state index contributed by atoms with van der Waals surface area (Å²) in [6, 6.07) is -0.353. The summed E-state index contributed by atoms with van der Waals surface area (Å²) in [7, 11) is 0.815. The fourth-order valence-electron chi connectivity index (χ4n) is 1.45. The lowest BCUT2D eigenvalue weighted by Gasteiger charge is -2.17. The number of hydrogen-bond acceptors (Lipinski definition) is 5. The van der Waals surface area contributed by atoms with E-state index in [1.807, 2.05) is 19.0 Å². The zero-order chi connectivity index (χ0) is 13.1. The van der Waals surface area contributed by atoms with Crippen LogP contribution in [0, 0.1) is 0 Å². The van der Waals surface area contributed by atoms with Crippen LogP contribution < -0.4 is 5.32 Å². The highest BCUT2D eigenvalue weighted by Gasteiger charge is 2.36. The Labute approximate surface area is 112 Å². The topological polar surface area (TPSA) is 58.6 Å². The zero-order valence-electron chi connectivity index (χ0n) is 9.85. The number of thiocarbonyl (C=S) groups is 1. The van der Waals surface area contributed by atoms with Crippen LogP contribution in [0.1, 0.15) is 0 Å². The first-order valence-electron chi connectivity index (χ1n) is 5.22. The Hall–Kier alpha value is -0.110. The molecule has 1 heterocycles. The van der Waals surface area contributed by atoms with E-state index >= 15 is 0 Å². The number of ether oxygens (including phenoxy) is 1. The van der Waals surface area contributed by atoms with Gasteiger partial charge >= 0.3 is 0 Å². The van der Waals surface area contributed by atoms with E-state index in [-0.39, 0.29) is 22.7 Å². The lowest BCUT2D eigenvalue weighted by Crippen LogP contribution is -2.41. The van der Waals surface area contributed by atoms with E-state index < -0.39 is 15.2 Å². The molecule has 0 bridgehead atoms. The van der Waals surface area contributed by atoms with Crippen molar-refractivity contribution in [3.63, 3.8) is 0 Å².